The van der Waals surface area contributed by atoms with Crippen molar-refractivity contribution in [2.24, 2.45) is 5.92 Å². The number of carbonyl (C=O) groups excluding carboxylic acids is 1. The molecule has 1 saturated heterocycles. The van der Waals surface area contributed by atoms with E-state index in [9.17, 15) is 13.2 Å². The first-order chi connectivity index (χ1) is 18.8. The van der Waals surface area contributed by atoms with E-state index in [4.69, 9.17) is 14.3 Å². The molecule has 1 atom stereocenters. The van der Waals surface area contributed by atoms with Crippen LogP contribution in [0.25, 0.3) is 11.3 Å². The molecule has 1 aromatic heterocycles. The summed E-state index contributed by atoms with van der Waals surface area (Å²) in [7, 11) is -2.12. The molecule has 0 aliphatic carbocycles. The van der Waals surface area contributed by atoms with Gasteiger partial charge in [0.05, 0.1) is 10.6 Å². The lowest BCUT2D eigenvalue weighted by Crippen LogP contribution is -2.34. The number of nitrogens with zero attached hydrogens (tertiary/aromatic N) is 3. The van der Waals surface area contributed by atoms with Crippen LogP contribution in [0, 0.1) is 5.92 Å². The minimum Gasteiger partial charge on any atom is -0.381 e. The molecule has 1 N–H and O–H groups in total. The average Bonchev–Trinajstić information content (AvgIpc) is 3.37. The highest BCUT2D eigenvalue weighted by Crippen LogP contribution is 2.29. The first-order valence-corrected chi connectivity index (χ1v) is 15.3. The Hall–Kier alpha value is -3.01. The summed E-state index contributed by atoms with van der Waals surface area (Å²) in [5.41, 5.74) is 2.60. The van der Waals surface area contributed by atoms with Crippen molar-refractivity contribution in [2.75, 3.05) is 20.3 Å². The second-order valence-electron chi connectivity index (χ2n) is 11.5. The molecule has 40 heavy (non-hydrogen) atoms. The molecule has 1 aliphatic rings. The fourth-order valence-electron chi connectivity index (χ4n) is 4.58. The van der Waals surface area contributed by atoms with Crippen LogP contribution in [0.15, 0.2) is 65.7 Å². The molecule has 8 nitrogen and oxygen atoms in total. The Morgan fingerprint density at radius 2 is 1.77 bits per heavy atom. The number of amides is 1. The zero-order valence-corrected chi connectivity index (χ0v) is 25.3. The van der Waals surface area contributed by atoms with Gasteiger partial charge in [0.2, 0.25) is 0 Å². The fourth-order valence-corrected chi connectivity index (χ4v) is 5.08. The Morgan fingerprint density at radius 3 is 2.33 bits per heavy atom. The number of ether oxygens (including phenoxy) is 1. The molecule has 2 heterocycles. The van der Waals surface area contributed by atoms with Gasteiger partial charge in [0.25, 0.3) is 16.0 Å². The predicted molar refractivity (Wildman–Crippen MR) is 158 cm³/mol. The van der Waals surface area contributed by atoms with E-state index in [1.807, 2.05) is 36.2 Å². The average molecular weight is 570 g/mol. The van der Waals surface area contributed by atoms with Gasteiger partial charge in [-0.3, -0.25) is 9.35 Å². The molecule has 218 valence electrons. The summed E-state index contributed by atoms with van der Waals surface area (Å²) < 4.78 is 37.1. The van der Waals surface area contributed by atoms with Gasteiger partial charge in [0.15, 0.2) is 0 Å². The van der Waals surface area contributed by atoms with Crippen LogP contribution < -0.4 is 0 Å². The number of rotatable bonds is 7. The monoisotopic (exact) mass is 569 g/mol. The van der Waals surface area contributed by atoms with Gasteiger partial charge in [-0.05, 0) is 56.4 Å². The van der Waals surface area contributed by atoms with E-state index in [-0.39, 0.29) is 22.3 Å². The van der Waals surface area contributed by atoms with Crippen molar-refractivity contribution in [3.8, 4) is 11.3 Å². The van der Waals surface area contributed by atoms with Crippen molar-refractivity contribution in [1.82, 2.24) is 14.5 Å². The van der Waals surface area contributed by atoms with Crippen LogP contribution in [0.1, 0.15) is 70.1 Å². The van der Waals surface area contributed by atoms with Crippen LogP contribution in [0.5, 0.6) is 0 Å². The molecular formula is C31H43N3O5S. The summed E-state index contributed by atoms with van der Waals surface area (Å²) in [5, 5.41) is 0. The Morgan fingerprint density at radius 1 is 1.12 bits per heavy atom. The van der Waals surface area contributed by atoms with Gasteiger partial charge in [0, 0.05) is 55.6 Å². The lowest BCUT2D eigenvalue weighted by Gasteiger charge is -2.25. The van der Waals surface area contributed by atoms with Crippen molar-refractivity contribution in [3.05, 3.63) is 72.2 Å². The molecule has 4 rings (SSSR count). The highest BCUT2D eigenvalue weighted by molar-refractivity contribution is 7.85. The van der Waals surface area contributed by atoms with Crippen LogP contribution in [0.3, 0.4) is 0 Å². The van der Waals surface area contributed by atoms with E-state index in [0.29, 0.717) is 11.5 Å². The van der Waals surface area contributed by atoms with Gasteiger partial charge in [-0.1, -0.05) is 58.0 Å². The molecule has 0 spiro atoms. The third-order valence-corrected chi connectivity index (χ3v) is 8.13. The molecular weight excluding hydrogens is 526 g/mol. The van der Waals surface area contributed by atoms with Crippen LogP contribution in [-0.4, -0.2) is 59.6 Å². The maximum atomic E-state index is 12.9. The van der Waals surface area contributed by atoms with Gasteiger partial charge in [-0.2, -0.15) is 8.42 Å². The molecule has 1 amide bonds. The highest BCUT2D eigenvalue weighted by Gasteiger charge is 2.25. The van der Waals surface area contributed by atoms with Crippen molar-refractivity contribution in [2.45, 2.75) is 76.8 Å². The smallest absolute Gasteiger partial charge is 0.294 e. The molecule has 0 bridgehead atoms. The Bertz CT molecular complexity index is 1360. The Balaban J connectivity index is 0.000000371. The van der Waals surface area contributed by atoms with Crippen molar-refractivity contribution < 1.29 is 22.5 Å². The number of aromatic nitrogens is 2. The predicted octanol–water partition coefficient (Wildman–Crippen LogP) is 6.08. The van der Waals surface area contributed by atoms with E-state index >= 15 is 0 Å². The lowest BCUT2D eigenvalue weighted by atomic mass is 9.94. The summed E-state index contributed by atoms with van der Waals surface area (Å²) in [6.45, 7) is 13.5. The maximum absolute atomic E-state index is 12.9. The summed E-state index contributed by atoms with van der Waals surface area (Å²) in [6.07, 6.45) is 5.30. The quantitative estimate of drug-likeness (QED) is 0.346. The summed E-state index contributed by atoms with van der Waals surface area (Å²) in [6, 6.07) is 15.5. The molecule has 1 aliphatic heterocycles. The van der Waals surface area contributed by atoms with Gasteiger partial charge < -0.3 is 14.2 Å². The molecule has 0 radical (unpaired) electrons. The van der Waals surface area contributed by atoms with Gasteiger partial charge in [-0.15, -0.1) is 0 Å². The zero-order chi connectivity index (χ0) is 29.5. The maximum Gasteiger partial charge on any atom is 0.294 e. The largest absolute Gasteiger partial charge is 0.381 e. The zero-order valence-electron chi connectivity index (χ0n) is 24.5. The van der Waals surface area contributed by atoms with Crippen molar-refractivity contribution in [3.63, 3.8) is 0 Å². The van der Waals surface area contributed by atoms with E-state index in [0.717, 1.165) is 56.1 Å². The fraction of sp³-hybridized carbons (Fsp3) is 0.484. The highest BCUT2D eigenvalue weighted by atomic mass is 32.2. The van der Waals surface area contributed by atoms with Crippen LogP contribution in [-0.2, 0) is 26.8 Å². The Labute approximate surface area is 239 Å². The summed E-state index contributed by atoms with van der Waals surface area (Å²) >= 11 is 0. The van der Waals surface area contributed by atoms with E-state index in [1.54, 1.807) is 18.2 Å². The van der Waals surface area contributed by atoms with Gasteiger partial charge >= 0.3 is 0 Å². The molecule has 2 aromatic carbocycles. The molecule has 1 fully saturated rings. The molecule has 0 saturated carbocycles. The number of hydrogen-bond acceptors (Lipinski definition) is 5. The number of carbonyl (C=O) groups is 1. The number of benzene rings is 2. The Kier molecular flexibility index (Phi) is 10.7. The van der Waals surface area contributed by atoms with E-state index in [2.05, 4.69) is 45.4 Å². The molecule has 3 aromatic rings. The van der Waals surface area contributed by atoms with Gasteiger partial charge in [-0.25, -0.2) is 4.98 Å². The van der Waals surface area contributed by atoms with E-state index < -0.39 is 10.1 Å². The summed E-state index contributed by atoms with van der Waals surface area (Å²) in [5.74, 6) is 1.78. The van der Waals surface area contributed by atoms with Crippen molar-refractivity contribution >= 4 is 16.0 Å². The molecule has 1 unspecified atom stereocenters. The lowest BCUT2D eigenvalue weighted by molar-refractivity contribution is 0.0607. The molecule has 9 heteroatoms. The van der Waals surface area contributed by atoms with Crippen molar-refractivity contribution in [1.29, 1.82) is 0 Å². The minimum absolute atomic E-state index is 0.0480. The third-order valence-electron chi connectivity index (χ3n) is 7.26. The SMILES string of the molecule is CCC(C)N(C)C(=O)c1cccc(-c2cn(CC3CCOCC3)c(C(C)(C)C)n2)c1.O=S(=O)(O)c1ccccc1. The number of hydrogen-bond donors (Lipinski definition) is 1. The topological polar surface area (TPSA) is 102 Å². The standard InChI is InChI=1S/C25H37N3O2.C6H6O3S/c1-7-18(2)27(6)23(29)21-10-8-9-20(15-21)22-17-28(24(26-22)25(3,4)5)16-19-11-13-30-14-12-19;7-10(8,9)6-4-2-1-3-5-6/h8-10,15,17-19H,7,11-14,16H2,1-6H3;1-5H,(H,7,8,9). The number of imidazole rings is 1. The van der Waals surface area contributed by atoms with Crippen LogP contribution >= 0.6 is 0 Å². The first-order valence-electron chi connectivity index (χ1n) is 13.9. The third kappa shape index (κ3) is 8.49. The van der Waals surface area contributed by atoms with Crippen LogP contribution in [0.2, 0.25) is 0 Å². The van der Waals surface area contributed by atoms with E-state index in [1.165, 1.54) is 12.1 Å². The minimum atomic E-state index is -4.00. The second-order valence-corrected chi connectivity index (χ2v) is 12.9. The van der Waals surface area contributed by atoms with Gasteiger partial charge in [0.1, 0.15) is 5.82 Å². The normalized spacial score (nSPS) is 15.2. The second kappa shape index (κ2) is 13.6. The first kappa shape index (κ1) is 31.5. The summed E-state index contributed by atoms with van der Waals surface area (Å²) in [4.78, 5) is 19.7. The van der Waals surface area contributed by atoms with Crippen LogP contribution in [0.4, 0.5) is 0 Å².